The van der Waals surface area contributed by atoms with Crippen LogP contribution in [0.2, 0.25) is 0 Å². The lowest BCUT2D eigenvalue weighted by atomic mass is 10.0. The molecule has 3 rings (SSSR count). The van der Waals surface area contributed by atoms with Crippen molar-refractivity contribution >= 4 is 28.9 Å². The fraction of sp³-hybridized carbons (Fsp3) is 0.200. The second-order valence-corrected chi connectivity index (χ2v) is 7.51. The number of nitrogens with one attached hydrogen (secondary N) is 1. The monoisotopic (exact) mass is 418 g/mol. The molecule has 1 amide bonds. The lowest BCUT2D eigenvalue weighted by molar-refractivity contribution is 0.0977. The van der Waals surface area contributed by atoms with Gasteiger partial charge in [-0.3, -0.25) is 10.1 Å². The Kier molecular flexibility index (Phi) is 7.71. The van der Waals surface area contributed by atoms with E-state index >= 15 is 0 Å². The molecule has 30 heavy (non-hydrogen) atoms. The lowest BCUT2D eigenvalue weighted by Gasteiger charge is -2.25. The molecule has 154 valence electrons. The molecule has 0 saturated carbocycles. The van der Waals surface area contributed by atoms with Gasteiger partial charge >= 0.3 is 0 Å². The van der Waals surface area contributed by atoms with Gasteiger partial charge in [-0.2, -0.15) is 0 Å². The molecular formula is C25H26N2O2S. The standard InChI is InChI=1S/C25H26N2O2S/c1-19-9-15-23(16-10-19)27(17-5-6-18-28)25(30)26-24(29)22-13-11-21(12-14-22)20-7-3-2-4-8-20/h2-4,7-16,28H,5-6,17-18H2,1H3,(H,26,29,30). The van der Waals surface area contributed by atoms with Crippen LogP contribution < -0.4 is 10.2 Å². The Bertz CT molecular complexity index is 970. The van der Waals surface area contributed by atoms with Crippen LogP contribution in [0.4, 0.5) is 5.69 Å². The van der Waals surface area contributed by atoms with E-state index in [2.05, 4.69) is 5.32 Å². The zero-order valence-electron chi connectivity index (χ0n) is 17.0. The number of aliphatic hydroxyl groups excluding tert-OH is 1. The largest absolute Gasteiger partial charge is 0.396 e. The van der Waals surface area contributed by atoms with Crippen molar-refractivity contribution in [3.63, 3.8) is 0 Å². The molecule has 0 heterocycles. The van der Waals surface area contributed by atoms with Crippen LogP contribution in [-0.2, 0) is 0 Å². The summed E-state index contributed by atoms with van der Waals surface area (Å²) >= 11 is 5.55. The minimum atomic E-state index is -0.237. The smallest absolute Gasteiger partial charge is 0.257 e. The molecule has 0 saturated heterocycles. The first-order chi connectivity index (χ1) is 14.6. The molecule has 0 aliphatic carbocycles. The van der Waals surface area contributed by atoms with Crippen LogP contribution >= 0.6 is 12.2 Å². The average Bonchev–Trinajstić information content (AvgIpc) is 2.78. The zero-order valence-corrected chi connectivity index (χ0v) is 17.9. The fourth-order valence-corrected chi connectivity index (χ4v) is 3.43. The van der Waals surface area contributed by atoms with Crippen LogP contribution in [0.25, 0.3) is 11.1 Å². The fourth-order valence-electron chi connectivity index (χ4n) is 3.14. The summed E-state index contributed by atoms with van der Waals surface area (Å²) in [6.07, 6.45) is 1.45. The topological polar surface area (TPSA) is 52.6 Å². The van der Waals surface area contributed by atoms with Crippen LogP contribution in [0.5, 0.6) is 0 Å². The van der Waals surface area contributed by atoms with Gasteiger partial charge in [0.25, 0.3) is 5.91 Å². The number of benzene rings is 3. The van der Waals surface area contributed by atoms with E-state index in [4.69, 9.17) is 17.3 Å². The van der Waals surface area contributed by atoms with Crippen molar-refractivity contribution < 1.29 is 9.90 Å². The van der Waals surface area contributed by atoms with Crippen molar-refractivity contribution in [1.29, 1.82) is 0 Å². The van der Waals surface area contributed by atoms with Crippen molar-refractivity contribution in [1.82, 2.24) is 5.32 Å². The van der Waals surface area contributed by atoms with Gasteiger partial charge in [0.05, 0.1) is 0 Å². The van der Waals surface area contributed by atoms with E-state index in [0.717, 1.165) is 28.8 Å². The normalized spacial score (nSPS) is 10.5. The molecule has 2 N–H and O–H groups in total. The lowest BCUT2D eigenvalue weighted by Crippen LogP contribution is -2.43. The Balaban J connectivity index is 1.71. The van der Waals surface area contributed by atoms with Gasteiger partial charge in [0.1, 0.15) is 0 Å². The number of amides is 1. The maximum Gasteiger partial charge on any atom is 0.257 e. The van der Waals surface area contributed by atoms with E-state index in [1.165, 1.54) is 0 Å². The number of hydrogen-bond donors (Lipinski definition) is 2. The van der Waals surface area contributed by atoms with Gasteiger partial charge in [0, 0.05) is 24.4 Å². The summed E-state index contributed by atoms with van der Waals surface area (Å²) in [6, 6.07) is 25.5. The summed E-state index contributed by atoms with van der Waals surface area (Å²) in [5.74, 6) is -0.237. The van der Waals surface area contributed by atoms with Gasteiger partial charge in [-0.15, -0.1) is 0 Å². The Hall–Kier alpha value is -3.02. The predicted molar refractivity (Wildman–Crippen MR) is 127 cm³/mol. The highest BCUT2D eigenvalue weighted by molar-refractivity contribution is 7.80. The third-order valence-corrected chi connectivity index (χ3v) is 5.18. The highest BCUT2D eigenvalue weighted by Gasteiger charge is 2.16. The zero-order chi connectivity index (χ0) is 21.3. The first-order valence-electron chi connectivity index (χ1n) is 10.0. The number of carbonyl (C=O) groups is 1. The van der Waals surface area contributed by atoms with E-state index in [1.807, 2.05) is 90.7 Å². The number of aliphatic hydroxyl groups is 1. The van der Waals surface area contributed by atoms with Gasteiger partial charge in [0.2, 0.25) is 0 Å². The van der Waals surface area contributed by atoms with Crippen molar-refractivity contribution in [2.24, 2.45) is 0 Å². The Morgan fingerprint density at radius 2 is 1.53 bits per heavy atom. The van der Waals surface area contributed by atoms with Crippen LogP contribution in [0.15, 0.2) is 78.9 Å². The van der Waals surface area contributed by atoms with Gasteiger partial charge in [-0.25, -0.2) is 0 Å². The van der Waals surface area contributed by atoms with Crippen molar-refractivity contribution in [2.75, 3.05) is 18.1 Å². The molecule has 0 radical (unpaired) electrons. The Labute approximate surface area is 183 Å². The molecule has 0 aliphatic heterocycles. The number of carbonyl (C=O) groups excluding carboxylic acids is 1. The summed E-state index contributed by atoms with van der Waals surface area (Å²) in [5, 5.41) is 12.3. The number of nitrogens with zero attached hydrogens (tertiary/aromatic N) is 1. The van der Waals surface area contributed by atoms with Gasteiger partial charge in [0.15, 0.2) is 5.11 Å². The molecular weight excluding hydrogens is 392 g/mol. The van der Waals surface area contributed by atoms with Crippen molar-refractivity contribution in [3.05, 3.63) is 90.0 Å². The first kappa shape index (κ1) is 21.7. The van der Waals surface area contributed by atoms with E-state index in [-0.39, 0.29) is 12.5 Å². The van der Waals surface area contributed by atoms with Crippen LogP contribution in [0.3, 0.4) is 0 Å². The first-order valence-corrected chi connectivity index (χ1v) is 10.4. The quantitative estimate of drug-likeness (QED) is 0.421. The van der Waals surface area contributed by atoms with Crippen LogP contribution in [-0.4, -0.2) is 29.3 Å². The summed E-state index contributed by atoms with van der Waals surface area (Å²) in [7, 11) is 0. The number of anilines is 1. The SMILES string of the molecule is Cc1ccc(N(CCCCO)C(=S)NC(=O)c2ccc(-c3ccccc3)cc2)cc1. The second kappa shape index (κ2) is 10.7. The number of unbranched alkanes of at least 4 members (excludes halogenated alkanes) is 1. The number of hydrogen-bond acceptors (Lipinski definition) is 3. The molecule has 0 fully saturated rings. The maximum atomic E-state index is 12.8. The summed E-state index contributed by atoms with van der Waals surface area (Å²) in [4.78, 5) is 14.7. The molecule has 0 aliphatic rings. The van der Waals surface area contributed by atoms with E-state index in [9.17, 15) is 4.79 Å². The number of rotatable bonds is 7. The molecule has 4 nitrogen and oxygen atoms in total. The van der Waals surface area contributed by atoms with E-state index in [0.29, 0.717) is 23.6 Å². The highest BCUT2D eigenvalue weighted by atomic mass is 32.1. The van der Waals surface area contributed by atoms with E-state index < -0.39 is 0 Å². The van der Waals surface area contributed by atoms with Crippen molar-refractivity contribution in [2.45, 2.75) is 19.8 Å². The summed E-state index contributed by atoms with van der Waals surface area (Å²) < 4.78 is 0. The molecule has 0 unspecified atom stereocenters. The number of thiocarbonyl (C=S) groups is 1. The molecule has 0 spiro atoms. The molecule has 0 atom stereocenters. The third-order valence-electron chi connectivity index (χ3n) is 4.86. The summed E-state index contributed by atoms with van der Waals surface area (Å²) in [5.41, 5.74) is 4.79. The van der Waals surface area contributed by atoms with E-state index in [1.54, 1.807) is 0 Å². The van der Waals surface area contributed by atoms with Crippen molar-refractivity contribution in [3.8, 4) is 11.1 Å². The molecule has 5 heteroatoms. The Morgan fingerprint density at radius 1 is 0.900 bits per heavy atom. The number of aryl methyl sites for hydroxylation is 1. The van der Waals surface area contributed by atoms with Gasteiger partial charge in [-0.1, -0.05) is 60.2 Å². The molecule has 3 aromatic carbocycles. The minimum absolute atomic E-state index is 0.134. The summed E-state index contributed by atoms with van der Waals surface area (Å²) in [6.45, 7) is 2.78. The maximum absolute atomic E-state index is 12.8. The predicted octanol–water partition coefficient (Wildman–Crippen LogP) is 4.96. The highest BCUT2D eigenvalue weighted by Crippen LogP contribution is 2.20. The van der Waals surface area contributed by atoms with Gasteiger partial charge in [-0.05, 0) is 67.4 Å². The average molecular weight is 419 g/mol. The molecule has 0 aromatic heterocycles. The van der Waals surface area contributed by atoms with Crippen LogP contribution in [0.1, 0.15) is 28.8 Å². The Morgan fingerprint density at radius 3 is 2.17 bits per heavy atom. The molecule has 0 bridgehead atoms. The minimum Gasteiger partial charge on any atom is -0.396 e. The second-order valence-electron chi connectivity index (χ2n) is 7.12. The third kappa shape index (κ3) is 5.75. The molecule has 3 aromatic rings. The van der Waals surface area contributed by atoms with Crippen LogP contribution in [0, 0.1) is 6.92 Å². The van der Waals surface area contributed by atoms with Gasteiger partial charge < -0.3 is 10.0 Å².